The fourth-order valence-electron chi connectivity index (χ4n) is 7.09. The van der Waals surface area contributed by atoms with Crippen molar-refractivity contribution >= 4 is 43.1 Å². The Bertz CT molecular complexity index is 1840. The minimum atomic E-state index is -1.82. The van der Waals surface area contributed by atoms with Crippen LogP contribution in [0.25, 0.3) is 32.1 Å². The Morgan fingerprint density at radius 3 is 2.67 bits per heavy atom. The number of ether oxygens (including phenoxy) is 1. The lowest BCUT2D eigenvalue weighted by molar-refractivity contribution is 0.108. The molecule has 0 spiro atoms. The van der Waals surface area contributed by atoms with Crippen LogP contribution in [0.5, 0.6) is 6.01 Å². The second kappa shape index (κ2) is 13.0. The molecular weight excluding hydrogens is 618 g/mol. The minimum absolute atomic E-state index is 0.0601. The summed E-state index contributed by atoms with van der Waals surface area (Å²) in [6, 6.07) is 7.44. The number of fused-ring (bicyclic) bond motifs is 3. The van der Waals surface area contributed by atoms with Gasteiger partial charge in [0.05, 0.1) is 16.7 Å². The van der Waals surface area contributed by atoms with E-state index in [-0.39, 0.29) is 56.5 Å². The van der Waals surface area contributed by atoms with Gasteiger partial charge in [-0.15, -0.1) is 11.3 Å². The first-order valence-corrected chi connectivity index (χ1v) is 16.4. The van der Waals surface area contributed by atoms with Gasteiger partial charge in [0.25, 0.3) is 6.08 Å². The van der Waals surface area contributed by atoms with Gasteiger partial charge in [-0.3, -0.25) is 4.90 Å². The van der Waals surface area contributed by atoms with Crippen LogP contribution in [-0.4, -0.2) is 65.8 Å². The summed E-state index contributed by atoms with van der Waals surface area (Å²) >= 11 is 1.17. The van der Waals surface area contributed by atoms with Crippen LogP contribution in [0.4, 0.5) is 28.4 Å². The number of hydrogen-bond donors (Lipinski definition) is 2. The highest BCUT2D eigenvalue weighted by Crippen LogP contribution is 2.44. The fourth-order valence-corrected chi connectivity index (χ4v) is 8.04. The Hall–Kier alpha value is -3.99. The molecule has 3 saturated heterocycles. The average Bonchev–Trinajstić information content (AvgIpc) is 3.73. The smallest absolute Gasteiger partial charge is 0.319 e. The van der Waals surface area contributed by atoms with Gasteiger partial charge in [0, 0.05) is 41.1 Å². The van der Waals surface area contributed by atoms with Gasteiger partial charge in [-0.1, -0.05) is 26.0 Å². The number of halogens is 4. The number of piperazine rings is 1. The largest absolute Gasteiger partial charge is 0.461 e. The number of thiophene rings is 1. The zero-order valence-corrected chi connectivity index (χ0v) is 26.5. The molecule has 0 saturated carbocycles. The molecule has 7 rings (SSSR count). The van der Waals surface area contributed by atoms with E-state index < -0.39 is 23.8 Å². The Labute approximate surface area is 268 Å². The van der Waals surface area contributed by atoms with E-state index in [0.29, 0.717) is 29.8 Å². The molecule has 1 unspecified atom stereocenters. The van der Waals surface area contributed by atoms with Crippen LogP contribution >= 0.6 is 11.3 Å². The maximum atomic E-state index is 16.7. The molecule has 3 aliphatic rings. The quantitative estimate of drug-likeness (QED) is 0.218. The maximum absolute atomic E-state index is 16.7. The molecule has 0 bridgehead atoms. The van der Waals surface area contributed by atoms with Crippen LogP contribution in [0, 0.1) is 23.0 Å². The number of aromatic nitrogens is 2. The lowest BCUT2D eigenvalue weighted by Gasteiger charge is -2.34. The van der Waals surface area contributed by atoms with E-state index in [2.05, 4.69) is 26.3 Å². The summed E-state index contributed by atoms with van der Waals surface area (Å²) < 4.78 is 65.8. The molecule has 46 heavy (non-hydrogen) atoms. The summed E-state index contributed by atoms with van der Waals surface area (Å²) in [5.41, 5.74) is 5.78. The van der Waals surface area contributed by atoms with Gasteiger partial charge >= 0.3 is 6.01 Å². The number of nitriles is 1. The zero-order valence-electron chi connectivity index (χ0n) is 25.7. The summed E-state index contributed by atoms with van der Waals surface area (Å²) in [5, 5.41) is 13.5. The molecule has 3 aliphatic heterocycles. The van der Waals surface area contributed by atoms with Crippen molar-refractivity contribution in [2.75, 3.05) is 50.0 Å². The van der Waals surface area contributed by atoms with Gasteiger partial charge < -0.3 is 20.7 Å². The number of anilines is 2. The standard InChI is InChI=1S/C31H29F4N7OS.C2H6/c32-21-13-19-27(26(35)25(21)18-4-1-5-22-24(18)20(14-36)28(37)44-22)39-30(43-16-31-6-2-9-42(31)10-3-7-31)40-29(19)41-11-8-38-17(15-41)12-23(33)34;1-2/h1,4-5,12-13,17,38H,2-3,6-11,15-16,37H2;1-2H3. The monoisotopic (exact) mass is 653 g/mol. The number of rotatable bonds is 6. The molecule has 13 heteroatoms. The van der Waals surface area contributed by atoms with E-state index in [1.807, 2.05) is 13.8 Å². The van der Waals surface area contributed by atoms with Crippen LogP contribution in [0.1, 0.15) is 45.1 Å². The van der Waals surface area contributed by atoms with Gasteiger partial charge in [-0.05, 0) is 62.5 Å². The Kier molecular flexibility index (Phi) is 9.05. The zero-order chi connectivity index (χ0) is 32.6. The molecule has 3 N–H and O–H groups in total. The highest BCUT2D eigenvalue weighted by atomic mass is 32.1. The molecule has 0 radical (unpaired) electrons. The first kappa shape index (κ1) is 32.0. The summed E-state index contributed by atoms with van der Waals surface area (Å²) in [7, 11) is 0. The van der Waals surface area contributed by atoms with Crippen molar-refractivity contribution < 1.29 is 22.3 Å². The lowest BCUT2D eigenvalue weighted by atomic mass is 9.95. The van der Waals surface area contributed by atoms with Crippen LogP contribution < -0.4 is 20.7 Å². The van der Waals surface area contributed by atoms with Crippen LogP contribution in [-0.2, 0) is 0 Å². The molecule has 8 nitrogen and oxygen atoms in total. The Balaban J connectivity index is 0.00000182. The molecule has 0 aliphatic carbocycles. The van der Waals surface area contributed by atoms with E-state index in [9.17, 15) is 14.0 Å². The molecule has 0 amide bonds. The molecule has 242 valence electrons. The highest BCUT2D eigenvalue weighted by molar-refractivity contribution is 7.23. The van der Waals surface area contributed by atoms with Crippen molar-refractivity contribution in [1.82, 2.24) is 20.2 Å². The Morgan fingerprint density at radius 2 is 1.96 bits per heavy atom. The summed E-state index contributed by atoms with van der Waals surface area (Å²) in [5.74, 6) is -1.60. The number of nitrogens with one attached hydrogen (secondary N) is 1. The summed E-state index contributed by atoms with van der Waals surface area (Å²) in [4.78, 5) is 13.2. The topological polar surface area (TPSA) is 103 Å². The van der Waals surface area contributed by atoms with Crippen LogP contribution in [0.15, 0.2) is 36.4 Å². The number of nitrogen functional groups attached to an aromatic ring is 1. The summed E-state index contributed by atoms with van der Waals surface area (Å²) in [6.45, 7) is 7.14. The Morgan fingerprint density at radius 1 is 1.20 bits per heavy atom. The number of nitrogens with zero attached hydrogens (tertiary/aromatic N) is 5. The van der Waals surface area contributed by atoms with Crippen molar-refractivity contribution in [3.63, 3.8) is 0 Å². The second-order valence-electron chi connectivity index (χ2n) is 11.6. The molecule has 3 fully saturated rings. The maximum Gasteiger partial charge on any atom is 0.319 e. The molecular formula is C33H35F4N7OS. The van der Waals surface area contributed by atoms with E-state index in [4.69, 9.17) is 10.5 Å². The van der Waals surface area contributed by atoms with Crippen molar-refractivity contribution in [2.24, 2.45) is 0 Å². The summed E-state index contributed by atoms with van der Waals surface area (Å²) in [6.07, 6.45) is 3.09. The predicted molar refractivity (Wildman–Crippen MR) is 173 cm³/mol. The van der Waals surface area contributed by atoms with Crippen LogP contribution in [0.3, 0.4) is 0 Å². The normalized spacial score (nSPS) is 19.1. The van der Waals surface area contributed by atoms with Gasteiger partial charge in [0.15, 0.2) is 5.82 Å². The third-order valence-corrected chi connectivity index (χ3v) is 10.1. The third kappa shape index (κ3) is 5.63. The highest BCUT2D eigenvalue weighted by Gasteiger charge is 2.45. The van der Waals surface area contributed by atoms with Crippen molar-refractivity contribution in [1.29, 1.82) is 5.26 Å². The minimum Gasteiger partial charge on any atom is -0.461 e. The molecule has 2 aromatic carbocycles. The number of nitrogens with two attached hydrogens (primary N) is 1. The molecule has 5 heterocycles. The molecule has 2 aromatic heterocycles. The van der Waals surface area contributed by atoms with E-state index >= 15 is 8.78 Å². The van der Waals surface area contributed by atoms with Gasteiger partial charge in [0.2, 0.25) is 0 Å². The van der Waals surface area contributed by atoms with Gasteiger partial charge in [-0.2, -0.15) is 24.0 Å². The second-order valence-corrected chi connectivity index (χ2v) is 12.7. The number of benzene rings is 2. The molecule has 4 aromatic rings. The predicted octanol–water partition coefficient (Wildman–Crippen LogP) is 6.84. The third-order valence-electron chi connectivity index (χ3n) is 9.08. The average molecular weight is 654 g/mol. The van der Waals surface area contributed by atoms with Crippen molar-refractivity contribution in [3.8, 4) is 23.2 Å². The van der Waals surface area contributed by atoms with Crippen molar-refractivity contribution in [3.05, 3.63) is 53.6 Å². The fraction of sp³-hybridized carbons (Fsp3) is 0.424. The van der Waals surface area contributed by atoms with E-state index in [1.54, 1.807) is 23.1 Å². The van der Waals surface area contributed by atoms with Gasteiger partial charge in [0.1, 0.15) is 34.8 Å². The lowest BCUT2D eigenvalue weighted by Crippen LogP contribution is -2.50. The SMILES string of the molecule is CC.N#Cc1c(N)sc2cccc(-c3c(F)cc4c(N5CCNC(C=C(F)F)C5)nc(OCC56CCCN5CCC6)nc4c3F)c12. The first-order chi connectivity index (χ1) is 22.3. The first-order valence-electron chi connectivity index (χ1n) is 15.6. The number of hydrogen-bond acceptors (Lipinski definition) is 9. The van der Waals surface area contributed by atoms with Gasteiger partial charge in [-0.25, -0.2) is 8.78 Å². The van der Waals surface area contributed by atoms with E-state index in [0.717, 1.165) is 44.8 Å². The molecule has 1 atom stereocenters. The van der Waals surface area contributed by atoms with Crippen LogP contribution in [0.2, 0.25) is 0 Å². The van der Waals surface area contributed by atoms with Crippen molar-refractivity contribution in [2.45, 2.75) is 51.1 Å². The van der Waals surface area contributed by atoms with E-state index in [1.165, 1.54) is 17.4 Å².